The third-order valence-electron chi connectivity index (χ3n) is 4.81. The van der Waals surface area contributed by atoms with Crippen LogP contribution in [0, 0.1) is 0 Å². The third-order valence-corrected chi connectivity index (χ3v) is 4.81. The molecule has 158 valence electrons. The quantitative estimate of drug-likeness (QED) is 0.491. The van der Waals surface area contributed by atoms with Crippen LogP contribution in [0.4, 0.5) is 0 Å². The van der Waals surface area contributed by atoms with Crippen LogP contribution in [-0.4, -0.2) is 39.5 Å². The Balaban J connectivity index is 1.48. The molecule has 0 aliphatic rings. The Hall–Kier alpha value is -4.14. The average Bonchev–Trinajstić information content (AvgIpc) is 3.25. The second-order valence-corrected chi connectivity index (χ2v) is 6.77. The Morgan fingerprint density at radius 3 is 2.58 bits per heavy atom. The van der Waals surface area contributed by atoms with E-state index in [4.69, 9.17) is 9.47 Å². The molecule has 0 saturated carbocycles. The number of carbonyl (C=O) groups excluding carboxylic acids is 1. The van der Waals surface area contributed by atoms with Gasteiger partial charge in [-0.05, 0) is 29.8 Å². The second kappa shape index (κ2) is 8.70. The molecule has 1 N–H and O–H groups in total. The molecule has 0 aliphatic carbocycles. The summed E-state index contributed by atoms with van der Waals surface area (Å²) in [5.74, 6) is 0.878. The van der Waals surface area contributed by atoms with Crippen molar-refractivity contribution in [3.63, 3.8) is 0 Å². The lowest BCUT2D eigenvalue weighted by molar-refractivity contribution is -0.121. The molecule has 2 aromatic heterocycles. The predicted molar refractivity (Wildman–Crippen MR) is 115 cm³/mol. The van der Waals surface area contributed by atoms with Crippen molar-refractivity contribution in [3.8, 4) is 17.2 Å². The average molecular weight is 419 g/mol. The van der Waals surface area contributed by atoms with Crippen LogP contribution in [0.25, 0.3) is 16.7 Å². The lowest BCUT2D eigenvalue weighted by atomic mass is 10.2. The van der Waals surface area contributed by atoms with Gasteiger partial charge in [-0.2, -0.15) is 5.10 Å². The number of nitrogens with zero attached hydrogens (tertiary/aromatic N) is 4. The number of ether oxygens (including phenoxy) is 2. The monoisotopic (exact) mass is 419 g/mol. The van der Waals surface area contributed by atoms with Crippen LogP contribution in [0.5, 0.6) is 11.5 Å². The smallest absolute Gasteiger partial charge is 0.264 e. The van der Waals surface area contributed by atoms with Gasteiger partial charge in [0.2, 0.25) is 5.91 Å². The Morgan fingerprint density at radius 1 is 1.06 bits per heavy atom. The molecule has 1 amide bonds. The first-order valence-corrected chi connectivity index (χ1v) is 9.57. The summed E-state index contributed by atoms with van der Waals surface area (Å²) in [6.45, 7) is 0.140. The van der Waals surface area contributed by atoms with Crippen LogP contribution in [0.3, 0.4) is 0 Å². The SMILES string of the molecule is COc1ccc(CNC(=O)Cn2cnc3c(cnn3-c3ccccc3)c2=O)cc1OC. The highest BCUT2D eigenvalue weighted by Gasteiger charge is 2.13. The minimum atomic E-state index is -0.326. The van der Waals surface area contributed by atoms with Crippen LogP contribution >= 0.6 is 0 Å². The van der Waals surface area contributed by atoms with Gasteiger partial charge in [0.05, 0.1) is 26.1 Å². The molecule has 9 heteroatoms. The zero-order chi connectivity index (χ0) is 21.8. The Kier molecular flexibility index (Phi) is 5.65. The summed E-state index contributed by atoms with van der Waals surface area (Å²) in [5.41, 5.74) is 1.76. The van der Waals surface area contributed by atoms with E-state index in [9.17, 15) is 9.59 Å². The fourth-order valence-electron chi connectivity index (χ4n) is 3.22. The molecule has 0 radical (unpaired) electrons. The van der Waals surface area contributed by atoms with Gasteiger partial charge in [-0.15, -0.1) is 0 Å². The lowest BCUT2D eigenvalue weighted by Crippen LogP contribution is -2.32. The van der Waals surface area contributed by atoms with Gasteiger partial charge in [-0.25, -0.2) is 9.67 Å². The number of methoxy groups -OCH3 is 2. The molecule has 2 aromatic carbocycles. The van der Waals surface area contributed by atoms with Gasteiger partial charge in [0, 0.05) is 6.54 Å². The van der Waals surface area contributed by atoms with Crippen LogP contribution in [0.1, 0.15) is 5.56 Å². The number of rotatable bonds is 7. The van der Waals surface area contributed by atoms with Crippen LogP contribution < -0.4 is 20.3 Å². The van der Waals surface area contributed by atoms with E-state index < -0.39 is 0 Å². The summed E-state index contributed by atoms with van der Waals surface area (Å²) in [4.78, 5) is 29.5. The van der Waals surface area contributed by atoms with E-state index in [1.54, 1.807) is 31.0 Å². The molecule has 0 saturated heterocycles. The van der Waals surface area contributed by atoms with Crippen LogP contribution in [0.2, 0.25) is 0 Å². The number of hydrogen-bond donors (Lipinski definition) is 1. The van der Waals surface area contributed by atoms with Crippen molar-refractivity contribution in [2.45, 2.75) is 13.1 Å². The number of carbonyl (C=O) groups is 1. The molecule has 9 nitrogen and oxygen atoms in total. The molecular weight excluding hydrogens is 398 g/mol. The number of amides is 1. The van der Waals surface area contributed by atoms with E-state index in [-0.39, 0.29) is 24.6 Å². The van der Waals surface area contributed by atoms with E-state index in [1.807, 2.05) is 36.4 Å². The maximum atomic E-state index is 12.8. The highest BCUT2D eigenvalue weighted by molar-refractivity contribution is 5.77. The first kappa shape index (κ1) is 20.1. The Bertz CT molecular complexity index is 1280. The maximum absolute atomic E-state index is 12.8. The third kappa shape index (κ3) is 4.11. The topological polar surface area (TPSA) is 100 Å². The first-order valence-electron chi connectivity index (χ1n) is 9.57. The molecule has 4 rings (SSSR count). The van der Waals surface area contributed by atoms with Crippen molar-refractivity contribution < 1.29 is 14.3 Å². The van der Waals surface area contributed by atoms with Crippen molar-refractivity contribution in [1.82, 2.24) is 24.6 Å². The van der Waals surface area contributed by atoms with Gasteiger partial charge in [0.25, 0.3) is 5.56 Å². The van der Waals surface area contributed by atoms with Crippen molar-refractivity contribution in [2.24, 2.45) is 0 Å². The van der Waals surface area contributed by atoms with E-state index in [0.29, 0.717) is 22.5 Å². The molecule has 0 unspecified atom stereocenters. The fourth-order valence-corrected chi connectivity index (χ4v) is 3.22. The van der Waals surface area contributed by atoms with Gasteiger partial charge in [-0.3, -0.25) is 14.2 Å². The van der Waals surface area contributed by atoms with Crippen molar-refractivity contribution >= 4 is 16.9 Å². The van der Waals surface area contributed by atoms with Crippen molar-refractivity contribution in [2.75, 3.05) is 14.2 Å². The normalized spacial score (nSPS) is 10.8. The number of hydrogen-bond acceptors (Lipinski definition) is 6. The number of aromatic nitrogens is 4. The lowest BCUT2D eigenvalue weighted by Gasteiger charge is -2.11. The number of benzene rings is 2. The second-order valence-electron chi connectivity index (χ2n) is 6.77. The standard InChI is InChI=1S/C22H21N5O4/c1-30-18-9-8-15(10-19(18)31-2)11-23-20(28)13-26-14-24-21-17(22(26)29)12-25-27(21)16-6-4-3-5-7-16/h3-10,12,14H,11,13H2,1-2H3,(H,23,28). The molecule has 2 heterocycles. The first-order chi connectivity index (χ1) is 15.1. The van der Waals surface area contributed by atoms with Crippen molar-refractivity contribution in [3.05, 3.63) is 77.0 Å². The number of nitrogens with one attached hydrogen (secondary N) is 1. The Morgan fingerprint density at radius 2 is 1.84 bits per heavy atom. The number of fused-ring (bicyclic) bond motifs is 1. The van der Waals surface area contributed by atoms with Crippen LogP contribution in [-0.2, 0) is 17.9 Å². The summed E-state index contributed by atoms with van der Waals surface area (Å²) < 4.78 is 13.3. The van der Waals surface area contributed by atoms with Crippen LogP contribution in [0.15, 0.2) is 65.8 Å². The predicted octanol–water partition coefficient (Wildman–Crippen LogP) is 1.92. The highest BCUT2D eigenvalue weighted by Crippen LogP contribution is 2.27. The highest BCUT2D eigenvalue weighted by atomic mass is 16.5. The zero-order valence-electron chi connectivity index (χ0n) is 17.1. The summed E-state index contributed by atoms with van der Waals surface area (Å²) in [6, 6.07) is 14.8. The number of para-hydroxylation sites is 1. The van der Waals surface area contributed by atoms with Gasteiger partial charge in [0.15, 0.2) is 17.1 Å². The van der Waals surface area contributed by atoms with E-state index in [0.717, 1.165) is 11.3 Å². The summed E-state index contributed by atoms with van der Waals surface area (Å²) in [6.07, 6.45) is 2.83. The fraction of sp³-hybridized carbons (Fsp3) is 0.182. The molecule has 0 atom stereocenters. The molecular formula is C22H21N5O4. The van der Waals surface area contributed by atoms with Gasteiger partial charge in [0.1, 0.15) is 18.3 Å². The molecule has 0 bridgehead atoms. The zero-order valence-corrected chi connectivity index (χ0v) is 17.1. The van der Waals surface area contributed by atoms with Gasteiger partial charge >= 0.3 is 0 Å². The minimum absolute atomic E-state index is 0.147. The molecule has 0 aliphatic heterocycles. The molecule has 4 aromatic rings. The van der Waals surface area contributed by atoms with E-state index in [1.165, 1.54) is 17.1 Å². The van der Waals surface area contributed by atoms with E-state index in [2.05, 4.69) is 15.4 Å². The molecule has 0 spiro atoms. The van der Waals surface area contributed by atoms with Crippen molar-refractivity contribution in [1.29, 1.82) is 0 Å². The Labute approximate surface area is 177 Å². The largest absolute Gasteiger partial charge is 0.493 e. The summed E-state index contributed by atoms with van der Waals surface area (Å²) >= 11 is 0. The summed E-state index contributed by atoms with van der Waals surface area (Å²) in [5, 5.41) is 7.42. The van der Waals surface area contributed by atoms with E-state index >= 15 is 0 Å². The molecule has 0 fully saturated rings. The summed E-state index contributed by atoms with van der Waals surface area (Å²) in [7, 11) is 3.11. The maximum Gasteiger partial charge on any atom is 0.264 e. The molecule has 31 heavy (non-hydrogen) atoms. The minimum Gasteiger partial charge on any atom is -0.493 e. The van der Waals surface area contributed by atoms with Gasteiger partial charge < -0.3 is 14.8 Å². The van der Waals surface area contributed by atoms with Gasteiger partial charge in [-0.1, -0.05) is 24.3 Å².